The molecule has 0 radical (unpaired) electrons. The third kappa shape index (κ3) is 28.1. The van der Waals surface area contributed by atoms with E-state index >= 15 is 0 Å². The van der Waals surface area contributed by atoms with Crippen molar-refractivity contribution in [2.75, 3.05) is 13.2 Å². The first-order chi connectivity index (χ1) is 29.2. The Bertz CT molecular complexity index is 1070. The number of hydrogen-bond acceptors (Lipinski definition) is 10. The van der Waals surface area contributed by atoms with Crippen LogP contribution in [0.5, 0.6) is 0 Å². The summed E-state index contributed by atoms with van der Waals surface area (Å²) in [4.78, 5) is 13.1. The number of allylic oxidation sites excluding steroid dienone is 6. The number of hydrogen-bond donors (Lipinski definition) is 8. The number of carbonyl (C=O) groups excluding carboxylic acids is 1. The summed E-state index contributed by atoms with van der Waals surface area (Å²) in [6.45, 7) is 3.21. The molecule has 0 aliphatic carbocycles. The number of aliphatic hydroxyl groups excluding tert-OH is 7. The summed E-state index contributed by atoms with van der Waals surface area (Å²) in [6, 6.07) is -1.19. The summed E-state index contributed by atoms with van der Waals surface area (Å²) < 4.78 is 11.1. The molecule has 0 bridgehead atoms. The van der Waals surface area contributed by atoms with E-state index in [2.05, 4.69) is 42.6 Å². The van der Waals surface area contributed by atoms with E-state index in [4.69, 9.17) is 9.47 Å². The summed E-state index contributed by atoms with van der Waals surface area (Å²) in [7, 11) is 0. The summed E-state index contributed by atoms with van der Waals surface area (Å²) >= 11 is 0. The monoisotopic (exact) mass is 854 g/mol. The van der Waals surface area contributed by atoms with Crippen LogP contribution in [-0.2, 0) is 14.3 Å². The van der Waals surface area contributed by atoms with Gasteiger partial charge in [-0.1, -0.05) is 178 Å². The van der Waals surface area contributed by atoms with E-state index in [-0.39, 0.29) is 12.8 Å². The van der Waals surface area contributed by atoms with Gasteiger partial charge in [-0.15, -0.1) is 0 Å². The van der Waals surface area contributed by atoms with Gasteiger partial charge in [0.25, 0.3) is 0 Å². The normalized spacial score (nSPS) is 21.9. The molecule has 0 aromatic heterocycles. The van der Waals surface area contributed by atoms with E-state index in [0.717, 1.165) is 44.9 Å². The Kier molecular flexibility index (Phi) is 36.6. The van der Waals surface area contributed by atoms with Crippen molar-refractivity contribution in [3.63, 3.8) is 0 Å². The lowest BCUT2D eigenvalue weighted by Gasteiger charge is -2.40. The standard InChI is InChI=1S/C49H91NO10/c1-3-5-7-9-11-13-15-17-18-19-20-21-22-23-24-25-27-29-31-33-35-37-42(53)48(58)50-40(39-59-49-47(57)46(56)45(55)43(38-51)60-49)44(54)41(52)36-34-32-30-28-26-16-14-12-10-8-6-4-2/h4,6,12,14,28,30,40-47,49,51-57H,3,5,7-11,13,15-27,29,31-39H2,1-2H3,(H,50,58)/b6-4+,14-12+,30-28+. The van der Waals surface area contributed by atoms with Gasteiger partial charge in [0.15, 0.2) is 6.29 Å². The van der Waals surface area contributed by atoms with Gasteiger partial charge in [-0.3, -0.25) is 4.79 Å². The molecule has 0 aromatic rings. The van der Waals surface area contributed by atoms with Gasteiger partial charge in [-0.25, -0.2) is 0 Å². The maximum absolute atomic E-state index is 13.1. The fourth-order valence-electron chi connectivity index (χ4n) is 7.72. The molecule has 11 nitrogen and oxygen atoms in total. The fourth-order valence-corrected chi connectivity index (χ4v) is 7.72. The molecule has 1 fully saturated rings. The molecule has 11 heteroatoms. The van der Waals surface area contributed by atoms with E-state index in [9.17, 15) is 40.5 Å². The maximum atomic E-state index is 13.1. The summed E-state index contributed by atoms with van der Waals surface area (Å²) in [5.41, 5.74) is 0. The number of unbranched alkanes of at least 4 members (excludes halogenated alkanes) is 23. The first-order valence-electron chi connectivity index (χ1n) is 24.4. The average Bonchev–Trinajstić information content (AvgIpc) is 3.25. The SMILES string of the molecule is C/C=C/CC/C=C/CC/C=C/CCCC(O)C(O)C(COC1OC(CO)C(O)C(O)C1O)NC(=O)C(O)CCCCCCCCCCCCCCCCCCCCCCC. The van der Waals surface area contributed by atoms with Crippen LogP contribution in [0.15, 0.2) is 36.5 Å². The Morgan fingerprint density at radius 2 is 1.05 bits per heavy atom. The second-order valence-corrected chi connectivity index (χ2v) is 17.2. The van der Waals surface area contributed by atoms with Crippen molar-refractivity contribution >= 4 is 5.91 Å². The Balaban J connectivity index is 2.39. The number of carbonyl (C=O) groups is 1. The van der Waals surface area contributed by atoms with Crippen LogP contribution in [0.25, 0.3) is 0 Å². The topological polar surface area (TPSA) is 189 Å². The van der Waals surface area contributed by atoms with Gasteiger partial charge in [0.2, 0.25) is 5.91 Å². The smallest absolute Gasteiger partial charge is 0.249 e. The third-order valence-corrected chi connectivity index (χ3v) is 11.7. The molecule has 9 unspecified atom stereocenters. The summed E-state index contributed by atoms with van der Waals surface area (Å²) in [6.07, 6.45) is 33.6. The lowest BCUT2D eigenvalue weighted by atomic mass is 9.98. The number of amides is 1. The first-order valence-corrected chi connectivity index (χ1v) is 24.4. The van der Waals surface area contributed by atoms with Crippen molar-refractivity contribution in [2.24, 2.45) is 0 Å². The lowest BCUT2D eigenvalue weighted by molar-refractivity contribution is -0.303. The minimum absolute atomic E-state index is 0.241. The Morgan fingerprint density at radius 1 is 0.600 bits per heavy atom. The predicted molar refractivity (Wildman–Crippen MR) is 242 cm³/mol. The lowest BCUT2D eigenvalue weighted by Crippen LogP contribution is -2.60. The van der Waals surface area contributed by atoms with Crippen LogP contribution in [-0.4, -0.2) is 110 Å². The summed E-state index contributed by atoms with van der Waals surface area (Å²) in [5, 5.41) is 75.6. The zero-order valence-corrected chi connectivity index (χ0v) is 37.9. The molecule has 1 heterocycles. The molecule has 60 heavy (non-hydrogen) atoms. The highest BCUT2D eigenvalue weighted by atomic mass is 16.7. The minimum atomic E-state index is -1.67. The van der Waals surface area contributed by atoms with E-state index < -0.39 is 74.2 Å². The number of nitrogens with one attached hydrogen (secondary N) is 1. The Labute approximate surface area is 365 Å². The van der Waals surface area contributed by atoms with Crippen molar-refractivity contribution in [3.05, 3.63) is 36.5 Å². The molecular formula is C49H91NO10. The quantitative estimate of drug-likeness (QED) is 0.0220. The molecule has 9 atom stereocenters. The number of aliphatic hydroxyl groups is 7. The van der Waals surface area contributed by atoms with Gasteiger partial charge < -0.3 is 50.5 Å². The fraction of sp³-hybridized carbons (Fsp3) is 0.857. The molecule has 1 aliphatic heterocycles. The zero-order valence-electron chi connectivity index (χ0n) is 37.9. The molecule has 352 valence electrons. The highest BCUT2D eigenvalue weighted by Gasteiger charge is 2.44. The number of rotatable bonds is 40. The van der Waals surface area contributed by atoms with E-state index in [0.29, 0.717) is 19.3 Å². The van der Waals surface area contributed by atoms with Gasteiger partial charge in [0.1, 0.15) is 36.6 Å². The van der Waals surface area contributed by atoms with Crippen molar-refractivity contribution in [1.29, 1.82) is 0 Å². The highest BCUT2D eigenvalue weighted by Crippen LogP contribution is 2.23. The molecule has 1 saturated heterocycles. The predicted octanol–water partition coefficient (Wildman–Crippen LogP) is 8.39. The Hall–Kier alpha value is -1.67. The molecule has 0 spiro atoms. The van der Waals surface area contributed by atoms with Crippen LogP contribution in [0.3, 0.4) is 0 Å². The van der Waals surface area contributed by atoms with Crippen molar-refractivity contribution in [2.45, 2.75) is 255 Å². The Morgan fingerprint density at radius 3 is 1.52 bits per heavy atom. The van der Waals surface area contributed by atoms with E-state index in [1.807, 2.05) is 13.0 Å². The molecule has 0 aromatic carbocycles. The second-order valence-electron chi connectivity index (χ2n) is 17.2. The van der Waals surface area contributed by atoms with E-state index in [1.165, 1.54) is 109 Å². The van der Waals surface area contributed by atoms with Crippen LogP contribution < -0.4 is 5.32 Å². The molecule has 1 amide bonds. The van der Waals surface area contributed by atoms with Crippen LogP contribution in [0.1, 0.15) is 200 Å². The van der Waals surface area contributed by atoms with Crippen molar-refractivity contribution in [1.82, 2.24) is 5.32 Å². The van der Waals surface area contributed by atoms with Crippen LogP contribution in [0.2, 0.25) is 0 Å². The van der Waals surface area contributed by atoms with Crippen LogP contribution in [0.4, 0.5) is 0 Å². The molecule has 1 rings (SSSR count). The number of ether oxygens (including phenoxy) is 2. The minimum Gasteiger partial charge on any atom is -0.394 e. The first kappa shape index (κ1) is 56.3. The molecule has 0 saturated carbocycles. The van der Waals surface area contributed by atoms with Crippen molar-refractivity contribution in [3.8, 4) is 0 Å². The second kappa shape index (κ2) is 39.0. The van der Waals surface area contributed by atoms with Gasteiger partial charge in [-0.05, 0) is 58.3 Å². The largest absolute Gasteiger partial charge is 0.394 e. The average molecular weight is 854 g/mol. The third-order valence-electron chi connectivity index (χ3n) is 11.7. The van der Waals surface area contributed by atoms with E-state index in [1.54, 1.807) is 0 Å². The van der Waals surface area contributed by atoms with Crippen LogP contribution in [0, 0.1) is 0 Å². The van der Waals surface area contributed by atoms with Crippen molar-refractivity contribution < 1.29 is 50.0 Å². The van der Waals surface area contributed by atoms with Gasteiger partial charge >= 0.3 is 0 Å². The van der Waals surface area contributed by atoms with Crippen LogP contribution >= 0.6 is 0 Å². The van der Waals surface area contributed by atoms with Gasteiger partial charge in [-0.2, -0.15) is 0 Å². The van der Waals surface area contributed by atoms with Gasteiger partial charge in [0.05, 0.1) is 25.4 Å². The maximum Gasteiger partial charge on any atom is 0.249 e. The summed E-state index contributed by atoms with van der Waals surface area (Å²) in [5.74, 6) is -0.712. The molecule has 1 aliphatic rings. The molecular weight excluding hydrogens is 763 g/mol. The highest BCUT2D eigenvalue weighted by molar-refractivity contribution is 5.80. The van der Waals surface area contributed by atoms with Gasteiger partial charge in [0, 0.05) is 0 Å². The zero-order chi connectivity index (χ0) is 44.1. The molecule has 8 N–H and O–H groups in total.